The largest absolute Gasteiger partial charge is 0.507 e. The summed E-state index contributed by atoms with van der Waals surface area (Å²) in [5, 5.41) is 9.95. The Hall–Kier alpha value is -2.75. The summed E-state index contributed by atoms with van der Waals surface area (Å²) >= 11 is 0. The van der Waals surface area contributed by atoms with Crippen molar-refractivity contribution in [3.8, 4) is 11.5 Å². The summed E-state index contributed by atoms with van der Waals surface area (Å²) in [5.41, 5.74) is 1.46. The maximum Gasteiger partial charge on any atom is 0.337 e. The Morgan fingerprint density at radius 1 is 1.19 bits per heavy atom. The van der Waals surface area contributed by atoms with E-state index in [4.69, 9.17) is 4.74 Å². The third kappa shape index (κ3) is 3.63. The highest BCUT2D eigenvalue weighted by Gasteiger charge is 2.14. The van der Waals surface area contributed by atoms with Crippen LogP contribution in [-0.4, -0.2) is 18.2 Å². The zero-order chi connectivity index (χ0) is 15.2. The summed E-state index contributed by atoms with van der Waals surface area (Å²) < 4.78 is 10.2. The molecule has 0 saturated carbocycles. The molecule has 4 heteroatoms. The van der Waals surface area contributed by atoms with Crippen LogP contribution in [0.3, 0.4) is 0 Å². The molecule has 2 aromatic carbocycles. The van der Waals surface area contributed by atoms with Crippen LogP contribution in [0.4, 0.5) is 0 Å². The van der Waals surface area contributed by atoms with E-state index in [1.165, 1.54) is 13.2 Å². The molecule has 0 saturated heterocycles. The first-order chi connectivity index (χ1) is 10.1. The topological polar surface area (TPSA) is 55.8 Å². The standard InChI is InChI=1S/C17H16O4/c1-12(17(19)20-2)15-9-8-14(10-16(15)18)21-11-13-6-4-3-5-7-13/h3-10,18H,1,11H2,2H3. The predicted octanol–water partition coefficient (Wildman–Crippen LogP) is 3.16. The number of carbonyl (C=O) groups excluding carboxylic acids is 1. The van der Waals surface area contributed by atoms with Crippen molar-refractivity contribution in [1.82, 2.24) is 0 Å². The Morgan fingerprint density at radius 3 is 2.52 bits per heavy atom. The molecule has 0 amide bonds. The molecule has 0 radical (unpaired) electrons. The molecule has 0 bridgehead atoms. The Morgan fingerprint density at radius 2 is 1.90 bits per heavy atom. The van der Waals surface area contributed by atoms with Crippen molar-refractivity contribution in [2.45, 2.75) is 6.61 Å². The Kier molecular flexibility index (Phi) is 4.61. The summed E-state index contributed by atoms with van der Waals surface area (Å²) in [6, 6.07) is 14.4. The van der Waals surface area contributed by atoms with E-state index in [9.17, 15) is 9.90 Å². The van der Waals surface area contributed by atoms with Gasteiger partial charge in [0.05, 0.1) is 12.7 Å². The number of aromatic hydroxyl groups is 1. The second-order valence-corrected chi connectivity index (χ2v) is 4.42. The van der Waals surface area contributed by atoms with Gasteiger partial charge in [-0.25, -0.2) is 4.79 Å². The van der Waals surface area contributed by atoms with Gasteiger partial charge in [0.2, 0.25) is 0 Å². The van der Waals surface area contributed by atoms with Gasteiger partial charge >= 0.3 is 5.97 Å². The first kappa shape index (κ1) is 14.7. The summed E-state index contributed by atoms with van der Waals surface area (Å²) in [6.45, 7) is 4.00. The van der Waals surface area contributed by atoms with E-state index >= 15 is 0 Å². The van der Waals surface area contributed by atoms with Gasteiger partial charge in [0.15, 0.2) is 0 Å². The van der Waals surface area contributed by atoms with Crippen LogP contribution >= 0.6 is 0 Å². The molecule has 2 rings (SSSR count). The number of phenolic OH excluding ortho intramolecular Hbond substituents is 1. The highest BCUT2D eigenvalue weighted by Crippen LogP contribution is 2.29. The number of esters is 1. The van der Waals surface area contributed by atoms with E-state index < -0.39 is 5.97 Å². The van der Waals surface area contributed by atoms with Gasteiger partial charge in [0.1, 0.15) is 18.1 Å². The zero-order valence-corrected chi connectivity index (χ0v) is 11.7. The quantitative estimate of drug-likeness (QED) is 0.677. The van der Waals surface area contributed by atoms with Crippen LogP contribution in [0.15, 0.2) is 55.1 Å². The molecule has 0 spiro atoms. The smallest absolute Gasteiger partial charge is 0.337 e. The van der Waals surface area contributed by atoms with E-state index in [2.05, 4.69) is 11.3 Å². The number of phenols is 1. The second kappa shape index (κ2) is 6.61. The fourth-order valence-corrected chi connectivity index (χ4v) is 1.83. The molecule has 0 fully saturated rings. The summed E-state index contributed by atoms with van der Waals surface area (Å²) in [4.78, 5) is 11.4. The normalized spacial score (nSPS) is 9.95. The van der Waals surface area contributed by atoms with Crippen molar-refractivity contribution in [3.05, 3.63) is 66.2 Å². The first-order valence-corrected chi connectivity index (χ1v) is 6.39. The summed E-state index contributed by atoms with van der Waals surface area (Å²) in [7, 11) is 1.27. The lowest BCUT2D eigenvalue weighted by Crippen LogP contribution is -2.03. The molecular formula is C17H16O4. The van der Waals surface area contributed by atoms with E-state index in [0.29, 0.717) is 17.9 Å². The summed E-state index contributed by atoms with van der Waals surface area (Å²) in [5.74, 6) is -0.142. The average Bonchev–Trinajstić information content (AvgIpc) is 2.52. The highest BCUT2D eigenvalue weighted by atomic mass is 16.5. The van der Waals surface area contributed by atoms with Crippen LogP contribution in [0.5, 0.6) is 11.5 Å². The lowest BCUT2D eigenvalue weighted by atomic mass is 10.1. The van der Waals surface area contributed by atoms with Gasteiger partial charge in [-0.3, -0.25) is 0 Å². The third-order valence-corrected chi connectivity index (χ3v) is 2.97. The fourth-order valence-electron chi connectivity index (χ4n) is 1.83. The molecule has 0 aliphatic heterocycles. The lowest BCUT2D eigenvalue weighted by molar-refractivity contribution is -0.133. The molecular weight excluding hydrogens is 268 g/mol. The molecule has 0 aliphatic rings. The molecule has 0 aliphatic carbocycles. The molecule has 0 heterocycles. The van der Waals surface area contributed by atoms with E-state index in [0.717, 1.165) is 5.56 Å². The van der Waals surface area contributed by atoms with E-state index in [1.54, 1.807) is 12.1 Å². The fraction of sp³-hybridized carbons (Fsp3) is 0.118. The SMILES string of the molecule is C=C(C(=O)OC)c1ccc(OCc2ccccc2)cc1O. The van der Waals surface area contributed by atoms with Gasteiger partial charge < -0.3 is 14.6 Å². The zero-order valence-electron chi connectivity index (χ0n) is 11.7. The summed E-state index contributed by atoms with van der Waals surface area (Å²) in [6.07, 6.45) is 0. The van der Waals surface area contributed by atoms with Crippen molar-refractivity contribution >= 4 is 11.5 Å². The molecule has 0 unspecified atom stereocenters. The number of methoxy groups -OCH3 is 1. The predicted molar refractivity (Wildman–Crippen MR) is 79.9 cm³/mol. The minimum absolute atomic E-state index is 0.0732. The highest BCUT2D eigenvalue weighted by molar-refractivity contribution is 6.16. The van der Waals surface area contributed by atoms with Crippen LogP contribution < -0.4 is 4.74 Å². The minimum Gasteiger partial charge on any atom is -0.507 e. The molecule has 1 N–H and O–H groups in total. The van der Waals surface area contributed by atoms with Crippen molar-refractivity contribution < 1.29 is 19.4 Å². The van der Waals surface area contributed by atoms with Crippen molar-refractivity contribution in [2.24, 2.45) is 0 Å². The second-order valence-electron chi connectivity index (χ2n) is 4.42. The molecule has 108 valence electrons. The van der Waals surface area contributed by atoms with E-state index in [-0.39, 0.29) is 11.3 Å². The first-order valence-electron chi connectivity index (χ1n) is 6.39. The monoisotopic (exact) mass is 284 g/mol. The Labute approximate surface area is 123 Å². The van der Waals surface area contributed by atoms with Gasteiger partial charge in [-0.1, -0.05) is 36.9 Å². The van der Waals surface area contributed by atoms with Crippen molar-refractivity contribution in [2.75, 3.05) is 7.11 Å². The van der Waals surface area contributed by atoms with Crippen LogP contribution in [0.1, 0.15) is 11.1 Å². The lowest BCUT2D eigenvalue weighted by Gasteiger charge is -2.10. The number of hydrogen-bond donors (Lipinski definition) is 1. The van der Waals surface area contributed by atoms with Crippen molar-refractivity contribution in [1.29, 1.82) is 0 Å². The number of hydrogen-bond acceptors (Lipinski definition) is 4. The van der Waals surface area contributed by atoms with Crippen LogP contribution in [0.2, 0.25) is 0 Å². The molecule has 2 aromatic rings. The van der Waals surface area contributed by atoms with Gasteiger partial charge in [0, 0.05) is 11.6 Å². The average molecular weight is 284 g/mol. The maximum atomic E-state index is 11.4. The van der Waals surface area contributed by atoms with Crippen molar-refractivity contribution in [3.63, 3.8) is 0 Å². The van der Waals surface area contributed by atoms with Crippen LogP contribution in [0, 0.1) is 0 Å². The third-order valence-electron chi connectivity index (χ3n) is 2.97. The Balaban J connectivity index is 2.09. The molecule has 0 aromatic heterocycles. The van der Waals surface area contributed by atoms with Gasteiger partial charge in [-0.15, -0.1) is 0 Å². The Bertz CT molecular complexity index is 647. The van der Waals surface area contributed by atoms with E-state index in [1.807, 2.05) is 30.3 Å². The minimum atomic E-state index is -0.580. The number of carbonyl (C=O) groups is 1. The van der Waals surface area contributed by atoms with Crippen LogP contribution in [-0.2, 0) is 16.1 Å². The van der Waals surface area contributed by atoms with Gasteiger partial charge in [0.25, 0.3) is 0 Å². The molecule has 4 nitrogen and oxygen atoms in total. The van der Waals surface area contributed by atoms with Crippen LogP contribution in [0.25, 0.3) is 5.57 Å². The number of rotatable bonds is 5. The number of benzene rings is 2. The molecule has 0 atom stereocenters. The number of ether oxygens (including phenoxy) is 2. The van der Waals surface area contributed by atoms with Gasteiger partial charge in [-0.05, 0) is 17.7 Å². The molecule has 21 heavy (non-hydrogen) atoms. The maximum absolute atomic E-state index is 11.4. The van der Waals surface area contributed by atoms with Gasteiger partial charge in [-0.2, -0.15) is 0 Å².